The third-order valence-electron chi connectivity index (χ3n) is 1.88. The molecule has 0 aliphatic carbocycles. The fraction of sp³-hybridized carbons (Fsp3) is 0.182. The molecule has 0 unspecified atom stereocenters. The van der Waals surface area contributed by atoms with Crippen molar-refractivity contribution in [3.8, 4) is 6.07 Å². The Morgan fingerprint density at radius 1 is 1.62 bits per heavy atom. The molecule has 0 aromatic heterocycles. The molecular weight excluding hydrogens is 274 g/mol. The Labute approximate surface area is 101 Å². The van der Waals surface area contributed by atoms with E-state index in [2.05, 4.69) is 15.9 Å². The predicted octanol–water partition coefficient (Wildman–Crippen LogP) is 2.31. The number of aldehydes is 1. The molecule has 0 heterocycles. The molecule has 16 heavy (non-hydrogen) atoms. The van der Waals surface area contributed by atoms with Gasteiger partial charge in [0, 0.05) is 10.0 Å². The third kappa shape index (κ3) is 2.47. The van der Waals surface area contributed by atoms with E-state index in [0.29, 0.717) is 16.3 Å². The molecule has 0 aliphatic heterocycles. The summed E-state index contributed by atoms with van der Waals surface area (Å²) in [5.41, 5.74) is 0.590. The second-order valence-electron chi connectivity index (χ2n) is 2.87. The first-order chi connectivity index (χ1) is 7.63. The molecule has 82 valence electrons. The van der Waals surface area contributed by atoms with Crippen molar-refractivity contribution >= 4 is 28.2 Å². The highest BCUT2D eigenvalue weighted by Crippen LogP contribution is 2.21. The quantitative estimate of drug-likeness (QED) is 0.630. The number of halogens is 1. The van der Waals surface area contributed by atoms with Gasteiger partial charge in [-0.15, -0.1) is 0 Å². The lowest BCUT2D eigenvalue weighted by molar-refractivity contribution is 0.0526. The number of nitriles is 1. The molecule has 0 radical (unpaired) electrons. The Balaban J connectivity index is 3.31. The first-order valence-electron chi connectivity index (χ1n) is 4.50. The fourth-order valence-corrected chi connectivity index (χ4v) is 1.59. The zero-order valence-electron chi connectivity index (χ0n) is 8.49. The molecule has 0 atom stereocenters. The van der Waals surface area contributed by atoms with Crippen molar-refractivity contribution in [1.82, 2.24) is 0 Å². The maximum absolute atomic E-state index is 11.5. The van der Waals surface area contributed by atoms with Crippen LogP contribution in [0.2, 0.25) is 0 Å². The minimum atomic E-state index is -0.602. The molecule has 4 nitrogen and oxygen atoms in total. The Kier molecular flexibility index (Phi) is 4.20. The number of benzene rings is 1. The summed E-state index contributed by atoms with van der Waals surface area (Å²) in [6.07, 6.45) is 0.605. The summed E-state index contributed by atoms with van der Waals surface area (Å²) in [5, 5.41) is 8.86. The average molecular weight is 282 g/mol. The van der Waals surface area contributed by atoms with Gasteiger partial charge in [0.25, 0.3) is 0 Å². The molecule has 0 N–H and O–H groups in total. The monoisotopic (exact) mass is 281 g/mol. The maximum atomic E-state index is 11.5. The lowest BCUT2D eigenvalue weighted by Gasteiger charge is -2.05. The zero-order chi connectivity index (χ0) is 12.1. The van der Waals surface area contributed by atoms with Crippen molar-refractivity contribution in [3.63, 3.8) is 0 Å². The number of rotatable bonds is 3. The number of hydrogen-bond acceptors (Lipinski definition) is 4. The van der Waals surface area contributed by atoms with Crippen molar-refractivity contribution in [2.45, 2.75) is 6.92 Å². The van der Waals surface area contributed by atoms with E-state index in [4.69, 9.17) is 10.00 Å². The third-order valence-corrected chi connectivity index (χ3v) is 2.57. The summed E-state index contributed by atoms with van der Waals surface area (Å²) in [6.45, 7) is 1.89. The molecule has 1 rings (SSSR count). The predicted molar refractivity (Wildman–Crippen MR) is 60.2 cm³/mol. The van der Waals surface area contributed by atoms with Gasteiger partial charge in [-0.2, -0.15) is 5.26 Å². The molecule has 0 fully saturated rings. The van der Waals surface area contributed by atoms with E-state index in [1.165, 1.54) is 12.1 Å². The van der Waals surface area contributed by atoms with Crippen LogP contribution in [0.5, 0.6) is 0 Å². The lowest BCUT2D eigenvalue weighted by Crippen LogP contribution is -2.08. The Hall–Kier alpha value is -1.67. The molecule has 1 aromatic rings. The van der Waals surface area contributed by atoms with Crippen LogP contribution in [0.25, 0.3) is 0 Å². The number of hydrogen-bond donors (Lipinski definition) is 0. The molecule has 1 aromatic carbocycles. The van der Waals surface area contributed by atoms with E-state index in [0.717, 1.165) is 0 Å². The van der Waals surface area contributed by atoms with Gasteiger partial charge >= 0.3 is 5.97 Å². The van der Waals surface area contributed by atoms with E-state index < -0.39 is 5.97 Å². The number of carbonyl (C=O) groups excluding carboxylic acids is 2. The van der Waals surface area contributed by atoms with Crippen LogP contribution in [0, 0.1) is 11.3 Å². The number of ether oxygens (including phenoxy) is 1. The van der Waals surface area contributed by atoms with Crippen LogP contribution < -0.4 is 0 Å². The van der Waals surface area contributed by atoms with Crippen molar-refractivity contribution in [2.75, 3.05) is 6.61 Å². The van der Waals surface area contributed by atoms with Gasteiger partial charge in [0.15, 0.2) is 6.29 Å². The first-order valence-corrected chi connectivity index (χ1v) is 5.29. The highest BCUT2D eigenvalue weighted by Gasteiger charge is 2.15. The van der Waals surface area contributed by atoms with Gasteiger partial charge in [0.2, 0.25) is 0 Å². The summed E-state index contributed by atoms with van der Waals surface area (Å²) in [5.74, 6) is -0.602. The second kappa shape index (κ2) is 5.42. The van der Waals surface area contributed by atoms with Crippen LogP contribution in [0.15, 0.2) is 16.6 Å². The van der Waals surface area contributed by atoms with E-state index in [1.54, 1.807) is 6.92 Å². The Bertz CT molecular complexity index is 477. The van der Waals surface area contributed by atoms with E-state index >= 15 is 0 Å². The van der Waals surface area contributed by atoms with E-state index in [9.17, 15) is 9.59 Å². The Morgan fingerprint density at radius 3 is 2.81 bits per heavy atom. The van der Waals surface area contributed by atoms with Gasteiger partial charge in [0.1, 0.15) is 6.07 Å². The summed E-state index contributed by atoms with van der Waals surface area (Å²) in [6, 6.07) is 4.65. The standard InChI is InChI=1S/C11H8BrNO3/c1-2-16-11(15)9-3-8(6-14)10(12)4-7(9)5-13/h3-4,6H,2H2,1H3. The number of nitrogens with zero attached hydrogens (tertiary/aromatic N) is 1. The van der Waals surface area contributed by atoms with Crippen LogP contribution in [0.3, 0.4) is 0 Å². The minimum Gasteiger partial charge on any atom is -0.462 e. The van der Waals surface area contributed by atoms with Crippen LogP contribution in [-0.4, -0.2) is 18.9 Å². The van der Waals surface area contributed by atoms with Crippen molar-refractivity contribution < 1.29 is 14.3 Å². The summed E-state index contributed by atoms with van der Waals surface area (Å²) in [4.78, 5) is 22.2. The van der Waals surface area contributed by atoms with Gasteiger partial charge in [-0.3, -0.25) is 4.79 Å². The molecule has 0 aliphatic rings. The van der Waals surface area contributed by atoms with E-state index in [1.807, 2.05) is 6.07 Å². The highest BCUT2D eigenvalue weighted by molar-refractivity contribution is 9.10. The smallest absolute Gasteiger partial charge is 0.339 e. The van der Waals surface area contributed by atoms with Gasteiger partial charge in [0.05, 0.1) is 17.7 Å². The first kappa shape index (κ1) is 12.4. The van der Waals surface area contributed by atoms with Crippen LogP contribution >= 0.6 is 15.9 Å². The lowest BCUT2D eigenvalue weighted by atomic mass is 10.1. The summed E-state index contributed by atoms with van der Waals surface area (Å²) in [7, 11) is 0. The van der Waals surface area contributed by atoms with Gasteiger partial charge < -0.3 is 4.74 Å². The normalized spacial score (nSPS) is 9.31. The van der Waals surface area contributed by atoms with Gasteiger partial charge in [-0.1, -0.05) is 15.9 Å². The molecule has 0 saturated heterocycles. The van der Waals surface area contributed by atoms with Crippen molar-refractivity contribution in [3.05, 3.63) is 33.3 Å². The molecule has 0 spiro atoms. The summed E-state index contributed by atoms with van der Waals surface area (Å²) < 4.78 is 5.27. The van der Waals surface area contributed by atoms with Gasteiger partial charge in [-0.25, -0.2) is 4.79 Å². The highest BCUT2D eigenvalue weighted by atomic mass is 79.9. The average Bonchev–Trinajstić information content (AvgIpc) is 2.28. The molecule has 0 amide bonds. The molecule has 5 heteroatoms. The van der Waals surface area contributed by atoms with Crippen molar-refractivity contribution in [1.29, 1.82) is 5.26 Å². The number of carbonyl (C=O) groups is 2. The SMILES string of the molecule is CCOC(=O)c1cc(C=O)c(Br)cc1C#N. The van der Waals surface area contributed by atoms with Crippen LogP contribution in [0.1, 0.15) is 33.2 Å². The van der Waals surface area contributed by atoms with Gasteiger partial charge in [-0.05, 0) is 19.1 Å². The van der Waals surface area contributed by atoms with Crippen LogP contribution in [0.4, 0.5) is 0 Å². The topological polar surface area (TPSA) is 67.2 Å². The largest absolute Gasteiger partial charge is 0.462 e. The fourth-order valence-electron chi connectivity index (χ4n) is 1.15. The van der Waals surface area contributed by atoms with Crippen LogP contribution in [-0.2, 0) is 4.74 Å². The molecule has 0 saturated carbocycles. The summed E-state index contributed by atoms with van der Waals surface area (Å²) >= 11 is 3.14. The maximum Gasteiger partial charge on any atom is 0.339 e. The minimum absolute atomic E-state index is 0.106. The Morgan fingerprint density at radius 2 is 2.31 bits per heavy atom. The zero-order valence-corrected chi connectivity index (χ0v) is 10.1. The second-order valence-corrected chi connectivity index (χ2v) is 3.72. The van der Waals surface area contributed by atoms with E-state index in [-0.39, 0.29) is 17.7 Å². The molecule has 0 bridgehead atoms. The van der Waals surface area contributed by atoms with Crippen molar-refractivity contribution in [2.24, 2.45) is 0 Å². The number of esters is 1. The molecular formula is C11H8BrNO3.